The molecule has 0 radical (unpaired) electrons. The number of hydrogen-bond acceptors (Lipinski definition) is 6. The molecule has 1 unspecified atom stereocenters. The van der Waals surface area contributed by atoms with Crippen LogP contribution in [0.1, 0.15) is 53.1 Å². The Morgan fingerprint density at radius 2 is 1.94 bits per heavy atom. The maximum atomic E-state index is 12.6. The number of carbonyl (C=O) groups is 1. The summed E-state index contributed by atoms with van der Waals surface area (Å²) >= 11 is 0. The summed E-state index contributed by atoms with van der Waals surface area (Å²) in [5, 5.41) is 7.74. The lowest BCUT2D eigenvalue weighted by molar-refractivity contribution is 0.0563. The zero-order valence-corrected chi connectivity index (χ0v) is 21.6. The quantitative estimate of drug-likeness (QED) is 0.407. The lowest BCUT2D eigenvalue weighted by Gasteiger charge is -2.44. The van der Waals surface area contributed by atoms with E-state index in [-0.39, 0.29) is 11.7 Å². The molecule has 7 heteroatoms. The molecule has 1 atom stereocenters. The van der Waals surface area contributed by atoms with Crippen LogP contribution >= 0.6 is 0 Å². The van der Waals surface area contributed by atoms with Crippen LogP contribution < -0.4 is 10.1 Å². The van der Waals surface area contributed by atoms with Crippen molar-refractivity contribution in [2.45, 2.75) is 39.7 Å². The molecular formula is C28H38N4O3. The molecule has 1 saturated heterocycles. The summed E-state index contributed by atoms with van der Waals surface area (Å²) in [6.45, 7) is 11.0. The number of ether oxygens (including phenoxy) is 1. The molecule has 0 spiro atoms. The number of nitrogens with one attached hydrogen (secondary N) is 1. The van der Waals surface area contributed by atoms with Gasteiger partial charge in [0.15, 0.2) is 0 Å². The van der Waals surface area contributed by atoms with Crippen molar-refractivity contribution >= 4 is 16.8 Å². The Labute approximate surface area is 208 Å². The minimum absolute atomic E-state index is 0.200. The zero-order valence-electron chi connectivity index (χ0n) is 21.6. The summed E-state index contributed by atoms with van der Waals surface area (Å²) in [6, 6.07) is 12.1. The lowest BCUT2D eigenvalue weighted by atomic mass is 9.91. The monoisotopic (exact) mass is 478 g/mol. The average Bonchev–Trinajstić information content (AvgIpc) is 3.24. The van der Waals surface area contributed by atoms with Gasteiger partial charge in [-0.1, -0.05) is 23.4 Å². The van der Waals surface area contributed by atoms with E-state index in [1.165, 1.54) is 16.7 Å². The Hall–Kier alpha value is -2.90. The van der Waals surface area contributed by atoms with Gasteiger partial charge in [0.1, 0.15) is 11.3 Å². The second kappa shape index (κ2) is 11.2. The first-order chi connectivity index (χ1) is 16.8. The molecule has 2 aromatic carbocycles. The Bertz CT molecular complexity index is 1150. The minimum Gasteiger partial charge on any atom is -0.493 e. The Balaban J connectivity index is 1.25. The van der Waals surface area contributed by atoms with Gasteiger partial charge in [-0.15, -0.1) is 0 Å². The number of fused-ring (bicyclic) bond motifs is 1. The molecule has 1 N–H and O–H groups in total. The van der Waals surface area contributed by atoms with Crippen LogP contribution in [0.25, 0.3) is 10.9 Å². The molecule has 0 saturated carbocycles. The number of benzene rings is 2. The third-order valence-electron chi connectivity index (χ3n) is 7.16. The summed E-state index contributed by atoms with van der Waals surface area (Å²) in [6.07, 6.45) is 2.21. The van der Waals surface area contributed by atoms with Crippen molar-refractivity contribution in [3.05, 3.63) is 58.8 Å². The van der Waals surface area contributed by atoms with E-state index >= 15 is 0 Å². The molecule has 1 aliphatic rings. The van der Waals surface area contributed by atoms with Crippen molar-refractivity contribution < 1.29 is 14.1 Å². The van der Waals surface area contributed by atoms with Gasteiger partial charge < -0.3 is 19.5 Å². The largest absolute Gasteiger partial charge is 0.493 e. The van der Waals surface area contributed by atoms with Gasteiger partial charge in [-0.05, 0) is 89.1 Å². The summed E-state index contributed by atoms with van der Waals surface area (Å²) in [5.41, 5.74) is 4.58. The van der Waals surface area contributed by atoms with Crippen LogP contribution in [0.15, 0.2) is 40.9 Å². The zero-order chi connectivity index (χ0) is 24.9. The highest BCUT2D eigenvalue weighted by atomic mass is 16.5. The van der Waals surface area contributed by atoms with Crippen molar-refractivity contribution in [1.82, 2.24) is 20.3 Å². The van der Waals surface area contributed by atoms with E-state index in [0.29, 0.717) is 24.0 Å². The van der Waals surface area contributed by atoms with Gasteiger partial charge in [-0.2, -0.15) is 0 Å². The third kappa shape index (κ3) is 5.85. The number of nitrogens with zero attached hydrogens (tertiary/aromatic N) is 3. The van der Waals surface area contributed by atoms with Gasteiger partial charge in [0.2, 0.25) is 5.76 Å². The van der Waals surface area contributed by atoms with E-state index < -0.39 is 0 Å². The van der Waals surface area contributed by atoms with Crippen LogP contribution in [0.2, 0.25) is 0 Å². The molecule has 1 aromatic heterocycles. The highest BCUT2D eigenvalue weighted by Gasteiger charge is 2.32. The Morgan fingerprint density at radius 1 is 1.17 bits per heavy atom. The van der Waals surface area contributed by atoms with Crippen molar-refractivity contribution in [1.29, 1.82) is 0 Å². The van der Waals surface area contributed by atoms with Crippen LogP contribution in [-0.4, -0.2) is 67.7 Å². The molecule has 0 aliphatic carbocycles. The van der Waals surface area contributed by atoms with Gasteiger partial charge in [0.25, 0.3) is 5.91 Å². The molecule has 7 nitrogen and oxygen atoms in total. The molecule has 4 rings (SSSR count). The second-order valence-corrected chi connectivity index (χ2v) is 10.00. The number of unbranched alkanes of at least 4 members (excludes halogenated alkanes) is 1. The van der Waals surface area contributed by atoms with Crippen LogP contribution in [0.4, 0.5) is 0 Å². The fraction of sp³-hybridized carbons (Fsp3) is 0.500. The molecule has 1 amide bonds. The highest BCUT2D eigenvalue weighted by molar-refractivity contribution is 6.03. The van der Waals surface area contributed by atoms with E-state index in [1.54, 1.807) is 0 Å². The maximum absolute atomic E-state index is 12.6. The second-order valence-electron chi connectivity index (χ2n) is 10.00. The molecular weight excluding hydrogens is 440 g/mol. The van der Waals surface area contributed by atoms with E-state index in [1.807, 2.05) is 24.3 Å². The maximum Gasteiger partial charge on any atom is 0.290 e. The standard InChI is InChI=1S/C28H38N4O3/c1-19-20(2)26(34-15-9-8-14-31(4)5)13-12-23(19)21(3)32-17-22(18-32)16-29-28(33)27-24-10-6-7-11-25(24)30-35-27/h6-7,10-13,21-22H,8-9,14-18H2,1-5H3,(H,29,33). The molecule has 1 aliphatic heterocycles. The van der Waals surface area contributed by atoms with Crippen LogP contribution in [0.5, 0.6) is 5.75 Å². The fourth-order valence-corrected chi connectivity index (χ4v) is 4.76. The first-order valence-corrected chi connectivity index (χ1v) is 12.6. The van der Waals surface area contributed by atoms with Gasteiger partial charge in [0, 0.05) is 31.6 Å². The molecule has 3 aromatic rings. The lowest BCUT2D eigenvalue weighted by Crippen LogP contribution is -2.52. The first-order valence-electron chi connectivity index (χ1n) is 12.6. The highest BCUT2D eigenvalue weighted by Crippen LogP contribution is 2.34. The first kappa shape index (κ1) is 25.2. The van der Waals surface area contributed by atoms with Gasteiger partial charge in [-0.3, -0.25) is 9.69 Å². The van der Waals surface area contributed by atoms with E-state index in [4.69, 9.17) is 9.26 Å². The van der Waals surface area contributed by atoms with Gasteiger partial charge >= 0.3 is 0 Å². The number of aromatic nitrogens is 1. The van der Waals surface area contributed by atoms with Gasteiger partial charge in [-0.25, -0.2) is 0 Å². The van der Waals surface area contributed by atoms with Gasteiger partial charge in [0.05, 0.1) is 12.0 Å². The number of rotatable bonds is 11. The summed E-state index contributed by atoms with van der Waals surface area (Å²) < 4.78 is 11.4. The topological polar surface area (TPSA) is 70.8 Å². The molecule has 0 bridgehead atoms. The summed E-state index contributed by atoms with van der Waals surface area (Å²) in [7, 11) is 4.20. The normalized spacial score (nSPS) is 15.4. The average molecular weight is 479 g/mol. The van der Waals surface area contributed by atoms with E-state index in [2.05, 4.69) is 67.3 Å². The Morgan fingerprint density at radius 3 is 2.71 bits per heavy atom. The van der Waals surface area contributed by atoms with Crippen LogP contribution in [0, 0.1) is 19.8 Å². The Kier molecular flexibility index (Phi) is 8.08. The summed E-state index contributed by atoms with van der Waals surface area (Å²) in [4.78, 5) is 17.3. The fourth-order valence-electron chi connectivity index (χ4n) is 4.76. The van der Waals surface area contributed by atoms with Crippen molar-refractivity contribution in [2.24, 2.45) is 5.92 Å². The van der Waals surface area contributed by atoms with Crippen molar-refractivity contribution in [2.75, 3.05) is 46.9 Å². The SMILES string of the molecule is Cc1c(OCCCCN(C)C)ccc(C(C)N2CC(CNC(=O)c3onc4ccccc34)C2)c1C. The predicted octanol–water partition coefficient (Wildman–Crippen LogP) is 4.59. The van der Waals surface area contributed by atoms with E-state index in [0.717, 1.165) is 50.2 Å². The predicted molar refractivity (Wildman–Crippen MR) is 139 cm³/mol. The third-order valence-corrected chi connectivity index (χ3v) is 7.16. The number of amides is 1. The summed E-state index contributed by atoms with van der Waals surface area (Å²) in [5.74, 6) is 1.51. The van der Waals surface area contributed by atoms with Crippen molar-refractivity contribution in [3.8, 4) is 5.75 Å². The number of hydrogen-bond donors (Lipinski definition) is 1. The molecule has 188 valence electrons. The van der Waals surface area contributed by atoms with Crippen molar-refractivity contribution in [3.63, 3.8) is 0 Å². The van der Waals surface area contributed by atoms with Crippen LogP contribution in [-0.2, 0) is 0 Å². The molecule has 2 heterocycles. The minimum atomic E-state index is -0.200. The van der Waals surface area contributed by atoms with E-state index in [9.17, 15) is 4.79 Å². The molecule has 35 heavy (non-hydrogen) atoms. The molecule has 1 fully saturated rings. The van der Waals surface area contributed by atoms with Crippen LogP contribution in [0.3, 0.4) is 0 Å². The smallest absolute Gasteiger partial charge is 0.290 e. The number of carbonyl (C=O) groups excluding carboxylic acids is 1. The number of likely N-dealkylation sites (tertiary alicyclic amines) is 1.